The molecular formula is C19H25N. The van der Waals surface area contributed by atoms with Crippen LogP contribution in [0.1, 0.15) is 41.6 Å². The molecule has 0 bridgehead atoms. The Balaban J connectivity index is 2.19. The zero-order chi connectivity index (χ0) is 14.4. The summed E-state index contributed by atoms with van der Waals surface area (Å²) in [6, 6.07) is 18.1. The fourth-order valence-electron chi connectivity index (χ4n) is 2.59. The largest absolute Gasteiger partial charge is 0.310 e. The van der Waals surface area contributed by atoms with Gasteiger partial charge in [-0.05, 0) is 44.4 Å². The average Bonchev–Trinajstić information content (AvgIpc) is 2.43. The molecule has 0 radical (unpaired) electrons. The molecule has 2 aromatic carbocycles. The number of hydrogen-bond donors (Lipinski definition) is 1. The second-order valence-corrected chi connectivity index (χ2v) is 5.61. The van der Waals surface area contributed by atoms with Gasteiger partial charge in [0.05, 0.1) is 0 Å². The van der Waals surface area contributed by atoms with Gasteiger partial charge in [-0.3, -0.25) is 0 Å². The van der Waals surface area contributed by atoms with Gasteiger partial charge in [0.15, 0.2) is 0 Å². The Bertz CT molecular complexity index is 545. The van der Waals surface area contributed by atoms with E-state index in [9.17, 15) is 0 Å². The fourth-order valence-corrected chi connectivity index (χ4v) is 2.59. The maximum atomic E-state index is 3.68. The van der Waals surface area contributed by atoms with Crippen molar-refractivity contribution < 1.29 is 0 Å². The van der Waals surface area contributed by atoms with E-state index in [2.05, 4.69) is 74.6 Å². The summed E-state index contributed by atoms with van der Waals surface area (Å²) < 4.78 is 0. The highest BCUT2D eigenvalue weighted by molar-refractivity contribution is 5.29. The normalized spacial score (nSPS) is 12.3. The van der Waals surface area contributed by atoms with Gasteiger partial charge in [-0.2, -0.15) is 0 Å². The second-order valence-electron chi connectivity index (χ2n) is 5.61. The molecule has 0 aliphatic heterocycles. The third-order valence-electron chi connectivity index (χ3n) is 3.61. The van der Waals surface area contributed by atoms with E-state index in [4.69, 9.17) is 0 Å². The number of benzene rings is 2. The van der Waals surface area contributed by atoms with Gasteiger partial charge in [0, 0.05) is 6.04 Å². The van der Waals surface area contributed by atoms with Crippen LogP contribution in [-0.4, -0.2) is 6.54 Å². The van der Waals surface area contributed by atoms with Crippen LogP contribution in [0.4, 0.5) is 0 Å². The molecule has 0 heterocycles. The van der Waals surface area contributed by atoms with Gasteiger partial charge in [-0.15, -0.1) is 0 Å². The molecule has 2 rings (SSSR count). The van der Waals surface area contributed by atoms with Crippen molar-refractivity contribution in [3.8, 4) is 0 Å². The summed E-state index contributed by atoms with van der Waals surface area (Å²) in [7, 11) is 0. The van der Waals surface area contributed by atoms with Gasteiger partial charge in [0.2, 0.25) is 0 Å². The second kappa shape index (κ2) is 7.25. The molecule has 0 aliphatic rings. The lowest BCUT2D eigenvalue weighted by Gasteiger charge is -2.20. The van der Waals surface area contributed by atoms with E-state index in [1.165, 1.54) is 22.3 Å². The fraction of sp³-hybridized carbons (Fsp3) is 0.368. The molecule has 1 unspecified atom stereocenters. The Morgan fingerprint density at radius 3 is 2.30 bits per heavy atom. The van der Waals surface area contributed by atoms with Crippen LogP contribution in [0, 0.1) is 13.8 Å². The van der Waals surface area contributed by atoms with Crippen LogP contribution in [0.3, 0.4) is 0 Å². The van der Waals surface area contributed by atoms with Gasteiger partial charge in [0.25, 0.3) is 0 Å². The molecule has 0 aliphatic carbocycles. The molecule has 0 amide bonds. The first kappa shape index (κ1) is 14.8. The monoisotopic (exact) mass is 267 g/mol. The maximum Gasteiger partial charge on any atom is 0.0360 e. The van der Waals surface area contributed by atoms with Gasteiger partial charge in [-0.1, -0.05) is 66.6 Å². The molecule has 1 atom stereocenters. The van der Waals surface area contributed by atoms with Crippen LogP contribution in [0.5, 0.6) is 0 Å². The van der Waals surface area contributed by atoms with Crippen molar-refractivity contribution in [1.82, 2.24) is 5.32 Å². The molecule has 2 aromatic rings. The lowest BCUT2D eigenvalue weighted by Crippen LogP contribution is -2.24. The summed E-state index contributed by atoms with van der Waals surface area (Å²) in [6.45, 7) is 7.59. The number of rotatable bonds is 6. The Morgan fingerprint density at radius 2 is 1.65 bits per heavy atom. The van der Waals surface area contributed by atoms with Crippen LogP contribution >= 0.6 is 0 Å². The van der Waals surface area contributed by atoms with Gasteiger partial charge < -0.3 is 5.32 Å². The summed E-state index contributed by atoms with van der Waals surface area (Å²) in [5, 5.41) is 3.68. The quantitative estimate of drug-likeness (QED) is 0.807. The molecule has 0 saturated heterocycles. The summed E-state index contributed by atoms with van der Waals surface area (Å²) in [5.41, 5.74) is 5.45. The zero-order valence-corrected chi connectivity index (χ0v) is 12.8. The smallest absolute Gasteiger partial charge is 0.0360 e. The molecule has 1 nitrogen and oxygen atoms in total. The van der Waals surface area contributed by atoms with Crippen molar-refractivity contribution in [2.75, 3.05) is 6.54 Å². The lowest BCUT2D eigenvalue weighted by molar-refractivity contribution is 0.529. The SMILES string of the molecule is CCCNC(Cc1cccc(C)c1)c1cccc(C)c1. The molecule has 0 saturated carbocycles. The zero-order valence-electron chi connectivity index (χ0n) is 12.8. The number of hydrogen-bond acceptors (Lipinski definition) is 1. The van der Waals surface area contributed by atoms with Crippen LogP contribution in [-0.2, 0) is 6.42 Å². The highest BCUT2D eigenvalue weighted by Crippen LogP contribution is 2.20. The third kappa shape index (κ3) is 4.21. The van der Waals surface area contributed by atoms with Gasteiger partial charge in [0.1, 0.15) is 0 Å². The first-order valence-corrected chi connectivity index (χ1v) is 7.54. The highest BCUT2D eigenvalue weighted by Gasteiger charge is 2.11. The van der Waals surface area contributed by atoms with E-state index < -0.39 is 0 Å². The predicted molar refractivity (Wildman–Crippen MR) is 87.1 cm³/mol. The van der Waals surface area contributed by atoms with E-state index in [0.29, 0.717) is 6.04 Å². The molecule has 0 aromatic heterocycles. The average molecular weight is 267 g/mol. The molecule has 0 fully saturated rings. The van der Waals surface area contributed by atoms with Gasteiger partial charge >= 0.3 is 0 Å². The van der Waals surface area contributed by atoms with E-state index in [1.807, 2.05) is 0 Å². The molecule has 1 N–H and O–H groups in total. The van der Waals surface area contributed by atoms with Crippen LogP contribution in [0.2, 0.25) is 0 Å². The molecule has 1 heteroatoms. The minimum Gasteiger partial charge on any atom is -0.310 e. The molecule has 106 valence electrons. The maximum absolute atomic E-state index is 3.68. The topological polar surface area (TPSA) is 12.0 Å². The first-order valence-electron chi connectivity index (χ1n) is 7.54. The standard InChI is InChI=1S/C19H25N/c1-4-11-20-19(18-10-6-8-16(3)13-18)14-17-9-5-7-15(2)12-17/h5-10,12-13,19-20H,4,11,14H2,1-3H3. The van der Waals surface area contributed by atoms with E-state index in [-0.39, 0.29) is 0 Å². The van der Waals surface area contributed by atoms with E-state index in [0.717, 1.165) is 19.4 Å². The lowest BCUT2D eigenvalue weighted by atomic mass is 9.96. The number of aryl methyl sites for hydroxylation is 2. The Morgan fingerprint density at radius 1 is 0.950 bits per heavy atom. The minimum absolute atomic E-state index is 0.400. The van der Waals surface area contributed by atoms with Crippen molar-refractivity contribution in [3.05, 3.63) is 70.8 Å². The summed E-state index contributed by atoms with van der Waals surface area (Å²) in [5.74, 6) is 0. The van der Waals surface area contributed by atoms with E-state index >= 15 is 0 Å². The van der Waals surface area contributed by atoms with Crippen LogP contribution < -0.4 is 5.32 Å². The first-order chi connectivity index (χ1) is 9.69. The van der Waals surface area contributed by atoms with Crippen molar-refractivity contribution in [2.45, 2.75) is 39.7 Å². The molecule has 0 spiro atoms. The van der Waals surface area contributed by atoms with Crippen LogP contribution in [0.15, 0.2) is 48.5 Å². The van der Waals surface area contributed by atoms with Crippen molar-refractivity contribution in [3.63, 3.8) is 0 Å². The predicted octanol–water partition coefficient (Wildman–Crippen LogP) is 4.59. The Kier molecular flexibility index (Phi) is 5.37. The third-order valence-corrected chi connectivity index (χ3v) is 3.61. The summed E-state index contributed by atoms with van der Waals surface area (Å²) >= 11 is 0. The van der Waals surface area contributed by atoms with Crippen molar-refractivity contribution in [1.29, 1.82) is 0 Å². The Labute approximate surface area is 123 Å². The van der Waals surface area contributed by atoms with E-state index in [1.54, 1.807) is 0 Å². The van der Waals surface area contributed by atoms with Gasteiger partial charge in [-0.25, -0.2) is 0 Å². The van der Waals surface area contributed by atoms with Crippen LogP contribution in [0.25, 0.3) is 0 Å². The summed E-state index contributed by atoms with van der Waals surface area (Å²) in [6.07, 6.45) is 2.21. The number of nitrogens with one attached hydrogen (secondary N) is 1. The van der Waals surface area contributed by atoms with Crippen molar-refractivity contribution >= 4 is 0 Å². The minimum atomic E-state index is 0.400. The molecular weight excluding hydrogens is 242 g/mol. The highest BCUT2D eigenvalue weighted by atomic mass is 14.9. The Hall–Kier alpha value is -1.60. The molecule has 20 heavy (non-hydrogen) atoms. The summed E-state index contributed by atoms with van der Waals surface area (Å²) in [4.78, 5) is 0. The van der Waals surface area contributed by atoms with Crippen molar-refractivity contribution in [2.24, 2.45) is 0 Å².